The normalized spacial score (nSPS) is 15.3. The van der Waals surface area contributed by atoms with Crippen molar-refractivity contribution in [2.75, 3.05) is 31.2 Å². The van der Waals surface area contributed by atoms with Crippen LogP contribution in [0.1, 0.15) is 79.6 Å². The van der Waals surface area contributed by atoms with Crippen LogP contribution in [0.3, 0.4) is 0 Å². The lowest BCUT2D eigenvalue weighted by Gasteiger charge is -2.39. The van der Waals surface area contributed by atoms with Gasteiger partial charge in [-0.2, -0.15) is 4.98 Å². The van der Waals surface area contributed by atoms with Gasteiger partial charge in [0.1, 0.15) is 11.4 Å². The van der Waals surface area contributed by atoms with E-state index in [0.717, 1.165) is 25.7 Å². The summed E-state index contributed by atoms with van der Waals surface area (Å²) in [6.07, 6.45) is 4.50. The van der Waals surface area contributed by atoms with E-state index in [1.165, 1.54) is 6.07 Å². The third kappa shape index (κ3) is 8.58. The summed E-state index contributed by atoms with van der Waals surface area (Å²) >= 11 is 0. The zero-order chi connectivity index (χ0) is 27.8. The van der Waals surface area contributed by atoms with Crippen molar-refractivity contribution in [1.29, 1.82) is 0 Å². The number of hydrogen-bond acceptors (Lipinski definition) is 7. The average molecular weight is 531 g/mol. The van der Waals surface area contributed by atoms with Gasteiger partial charge in [-0.05, 0) is 70.2 Å². The number of anilines is 1. The Morgan fingerprint density at radius 2 is 1.71 bits per heavy atom. The molecule has 1 fully saturated rings. The minimum Gasteiger partial charge on any atom is -0.478 e. The van der Waals surface area contributed by atoms with Gasteiger partial charge in [-0.1, -0.05) is 32.8 Å². The summed E-state index contributed by atoms with van der Waals surface area (Å²) in [5, 5.41) is 10.9. The first-order valence-corrected chi connectivity index (χ1v) is 13.8. The Kier molecular flexibility index (Phi) is 10.4. The molecule has 1 aliphatic heterocycles. The first kappa shape index (κ1) is 29.7. The van der Waals surface area contributed by atoms with Gasteiger partial charge in [0.25, 0.3) is 0 Å². The summed E-state index contributed by atoms with van der Waals surface area (Å²) in [6.45, 7) is 11.6. The number of aromatic nitrogens is 1. The average Bonchev–Trinajstić information content (AvgIpc) is 2.84. The Labute approximate surface area is 226 Å². The highest BCUT2D eigenvalue weighted by Gasteiger charge is 2.36. The van der Waals surface area contributed by atoms with E-state index >= 15 is 4.39 Å². The molecule has 0 spiro atoms. The van der Waals surface area contributed by atoms with Crippen molar-refractivity contribution in [2.45, 2.75) is 90.8 Å². The quantitative estimate of drug-likeness (QED) is 0.254. The fraction of sp³-hybridized carbons (Fsp3) is 0.600. The highest BCUT2D eigenvalue weighted by molar-refractivity contribution is 5.72. The van der Waals surface area contributed by atoms with Crippen LogP contribution in [0.25, 0.3) is 11.1 Å². The first-order chi connectivity index (χ1) is 18.0. The Balaban J connectivity index is 1.71. The van der Waals surface area contributed by atoms with Crippen LogP contribution in [-0.4, -0.2) is 53.6 Å². The van der Waals surface area contributed by atoms with E-state index in [1.807, 2.05) is 17.0 Å². The smallest absolute Gasteiger partial charge is 0.309 e. The number of unbranched alkanes of at least 4 members (excludes halogenated alkanes) is 2. The maximum absolute atomic E-state index is 15.4. The van der Waals surface area contributed by atoms with Gasteiger partial charge in [-0.25, -0.2) is 4.39 Å². The lowest BCUT2D eigenvalue weighted by atomic mass is 9.88. The van der Waals surface area contributed by atoms with Gasteiger partial charge in [-0.3, -0.25) is 4.79 Å². The molecule has 1 saturated heterocycles. The number of rotatable bonds is 12. The number of nitrogens with zero attached hydrogens (tertiary/aromatic N) is 2. The summed E-state index contributed by atoms with van der Waals surface area (Å²) in [6, 6.07) is 8.77. The fourth-order valence-electron chi connectivity index (χ4n) is 4.39. The number of piperidine rings is 1. The van der Waals surface area contributed by atoms with Crippen LogP contribution in [-0.2, 0) is 9.53 Å². The van der Waals surface area contributed by atoms with E-state index in [0.29, 0.717) is 67.7 Å². The zero-order valence-corrected chi connectivity index (χ0v) is 23.5. The molecular weight excluding hydrogens is 487 g/mol. The number of pyridine rings is 1. The number of halogens is 1. The molecule has 0 atom stereocenters. The molecule has 2 heterocycles. The van der Waals surface area contributed by atoms with E-state index in [-0.39, 0.29) is 12.2 Å². The van der Waals surface area contributed by atoms with Crippen molar-refractivity contribution >= 4 is 11.7 Å². The Morgan fingerprint density at radius 1 is 1.05 bits per heavy atom. The topological polar surface area (TPSA) is 81.1 Å². The number of carbonyl (C=O) groups excluding carboxylic acids is 1. The molecule has 0 radical (unpaired) electrons. The minimum absolute atomic E-state index is 0.0640. The molecule has 0 saturated carbocycles. The molecule has 1 aromatic carbocycles. The number of hydrogen-bond donors (Lipinski definition) is 1. The Hall–Kier alpha value is -2.87. The van der Waals surface area contributed by atoms with Gasteiger partial charge < -0.3 is 24.2 Å². The molecule has 7 nitrogen and oxygen atoms in total. The molecule has 1 aliphatic rings. The monoisotopic (exact) mass is 530 g/mol. The third-order valence-corrected chi connectivity index (χ3v) is 6.51. The predicted molar refractivity (Wildman–Crippen MR) is 147 cm³/mol. The Bertz CT molecular complexity index is 1060. The number of carbonyl (C=O) groups is 1. The maximum atomic E-state index is 15.4. The van der Waals surface area contributed by atoms with Gasteiger partial charge in [0.05, 0.1) is 30.9 Å². The molecule has 2 aromatic rings. The van der Waals surface area contributed by atoms with E-state index in [1.54, 1.807) is 32.9 Å². The van der Waals surface area contributed by atoms with Gasteiger partial charge in [0.15, 0.2) is 0 Å². The van der Waals surface area contributed by atoms with Gasteiger partial charge in [0, 0.05) is 24.7 Å². The van der Waals surface area contributed by atoms with Crippen LogP contribution in [0.4, 0.5) is 10.1 Å². The summed E-state index contributed by atoms with van der Waals surface area (Å²) in [5.74, 6) is 0.155. The van der Waals surface area contributed by atoms with E-state index in [9.17, 15) is 9.90 Å². The van der Waals surface area contributed by atoms with Gasteiger partial charge in [-0.15, -0.1) is 0 Å². The van der Waals surface area contributed by atoms with Crippen molar-refractivity contribution < 1.29 is 28.5 Å². The summed E-state index contributed by atoms with van der Waals surface area (Å²) in [7, 11) is 0. The highest BCUT2D eigenvalue weighted by atomic mass is 19.1. The Morgan fingerprint density at radius 3 is 2.32 bits per heavy atom. The lowest BCUT2D eigenvalue weighted by Crippen LogP contribution is -2.46. The molecular formula is C30H43FN2O5. The van der Waals surface area contributed by atoms with Crippen LogP contribution in [0, 0.1) is 5.82 Å². The summed E-state index contributed by atoms with van der Waals surface area (Å²) in [4.78, 5) is 18.7. The van der Waals surface area contributed by atoms with Gasteiger partial charge >= 0.3 is 5.97 Å². The van der Waals surface area contributed by atoms with E-state index < -0.39 is 17.2 Å². The SMILES string of the molecule is CCCCOc1ccc(-c2ccc(N3CCC(O)(CC(=O)OC(C)(C)C)CC3)c(F)c2)c(OCCCC)n1. The second kappa shape index (κ2) is 13.3. The summed E-state index contributed by atoms with van der Waals surface area (Å²) < 4.78 is 32.4. The van der Waals surface area contributed by atoms with Gasteiger partial charge in [0.2, 0.25) is 11.8 Å². The molecule has 3 rings (SSSR count). The predicted octanol–water partition coefficient (Wildman–Crippen LogP) is 6.31. The minimum atomic E-state index is -1.15. The molecule has 210 valence electrons. The van der Waals surface area contributed by atoms with Crippen molar-refractivity contribution in [3.05, 3.63) is 36.1 Å². The number of aliphatic hydroxyl groups is 1. The zero-order valence-electron chi connectivity index (χ0n) is 23.5. The second-order valence-corrected chi connectivity index (χ2v) is 11.0. The standard InChI is InChI=1S/C30H43FN2O5/c1-6-8-18-36-26-13-11-23(28(32-26)37-19-9-7-2)22-10-12-25(24(31)20-22)33-16-14-30(35,15-17-33)21-27(34)38-29(3,4)5/h10-13,20,35H,6-9,14-19,21H2,1-5H3. The van der Waals surface area contributed by atoms with Crippen molar-refractivity contribution in [2.24, 2.45) is 0 Å². The fourth-order valence-corrected chi connectivity index (χ4v) is 4.39. The van der Waals surface area contributed by atoms with Crippen molar-refractivity contribution in [3.63, 3.8) is 0 Å². The van der Waals surface area contributed by atoms with Crippen LogP contribution in [0.2, 0.25) is 0 Å². The molecule has 8 heteroatoms. The third-order valence-electron chi connectivity index (χ3n) is 6.51. The molecule has 0 unspecified atom stereocenters. The molecule has 1 aromatic heterocycles. The largest absolute Gasteiger partial charge is 0.478 e. The molecule has 0 bridgehead atoms. The molecule has 0 aliphatic carbocycles. The van der Waals surface area contributed by atoms with Crippen LogP contribution in [0.15, 0.2) is 30.3 Å². The number of ether oxygens (including phenoxy) is 3. The second-order valence-electron chi connectivity index (χ2n) is 11.0. The first-order valence-electron chi connectivity index (χ1n) is 13.8. The van der Waals surface area contributed by atoms with Crippen LogP contribution in [0.5, 0.6) is 11.8 Å². The van der Waals surface area contributed by atoms with E-state index in [4.69, 9.17) is 14.2 Å². The van der Waals surface area contributed by atoms with Crippen molar-refractivity contribution in [3.8, 4) is 22.9 Å². The maximum Gasteiger partial charge on any atom is 0.309 e. The number of esters is 1. The molecule has 38 heavy (non-hydrogen) atoms. The van der Waals surface area contributed by atoms with Crippen LogP contribution < -0.4 is 14.4 Å². The highest BCUT2D eigenvalue weighted by Crippen LogP contribution is 2.35. The number of benzene rings is 1. The molecule has 0 amide bonds. The lowest BCUT2D eigenvalue weighted by molar-refractivity contribution is -0.161. The van der Waals surface area contributed by atoms with Crippen molar-refractivity contribution in [1.82, 2.24) is 4.98 Å². The summed E-state index contributed by atoms with van der Waals surface area (Å²) in [5.41, 5.74) is 0.0994. The molecule has 1 N–H and O–H groups in total. The van der Waals surface area contributed by atoms with E-state index in [2.05, 4.69) is 18.8 Å². The van der Waals surface area contributed by atoms with Crippen LogP contribution >= 0.6 is 0 Å².